The Hall–Kier alpha value is -1.37. The topological polar surface area (TPSA) is 56.0 Å². The molecule has 14 heavy (non-hydrogen) atoms. The molecule has 74 valence electrons. The van der Waals surface area contributed by atoms with E-state index in [0.29, 0.717) is 12.1 Å². The normalized spacial score (nSPS) is 12.1. The Kier molecular flexibility index (Phi) is 4.11. The molecule has 0 aromatic heterocycles. The summed E-state index contributed by atoms with van der Waals surface area (Å²) in [7, 11) is 0. The van der Waals surface area contributed by atoms with Gasteiger partial charge in [0.25, 0.3) is 0 Å². The second kappa shape index (κ2) is 5.38. The van der Waals surface area contributed by atoms with Gasteiger partial charge in [-0.25, -0.2) is 0 Å². The molecular weight excluding hydrogens is 176 g/mol. The summed E-state index contributed by atoms with van der Waals surface area (Å²) >= 11 is 0. The number of nitriles is 1. The Morgan fingerprint density at radius 1 is 1.43 bits per heavy atom. The minimum atomic E-state index is -0.326. The van der Waals surface area contributed by atoms with Gasteiger partial charge in [-0.2, -0.15) is 5.26 Å². The van der Waals surface area contributed by atoms with E-state index in [0.717, 1.165) is 12.1 Å². The van der Waals surface area contributed by atoms with Gasteiger partial charge in [-0.3, -0.25) is 0 Å². The average Bonchev–Trinajstić information content (AvgIpc) is 2.18. The second-order valence-electron chi connectivity index (χ2n) is 3.29. The van der Waals surface area contributed by atoms with Gasteiger partial charge in [0, 0.05) is 13.1 Å². The predicted molar refractivity (Wildman–Crippen MR) is 54.5 cm³/mol. The Labute approximate surface area is 84.0 Å². The Morgan fingerprint density at radius 3 is 2.57 bits per heavy atom. The number of hydrogen-bond donors (Lipinski definition) is 2. The van der Waals surface area contributed by atoms with Gasteiger partial charge in [0.1, 0.15) is 0 Å². The van der Waals surface area contributed by atoms with Crippen LogP contribution in [0.4, 0.5) is 0 Å². The number of benzene rings is 1. The maximum Gasteiger partial charge on any atom is 0.0991 e. The first-order valence-electron chi connectivity index (χ1n) is 4.60. The summed E-state index contributed by atoms with van der Waals surface area (Å²) in [4.78, 5) is 0. The molecule has 2 N–H and O–H groups in total. The molecule has 3 nitrogen and oxygen atoms in total. The van der Waals surface area contributed by atoms with Gasteiger partial charge >= 0.3 is 0 Å². The molecule has 1 atom stereocenters. The van der Waals surface area contributed by atoms with E-state index in [9.17, 15) is 0 Å². The number of nitrogens with one attached hydrogen (secondary N) is 1. The molecular formula is C11H14N2O. The lowest BCUT2D eigenvalue weighted by atomic mass is 10.1. The van der Waals surface area contributed by atoms with Crippen molar-refractivity contribution in [3.05, 3.63) is 35.4 Å². The maximum atomic E-state index is 9.01. The zero-order valence-corrected chi connectivity index (χ0v) is 8.20. The number of aliphatic hydroxyl groups excluding tert-OH is 1. The second-order valence-corrected chi connectivity index (χ2v) is 3.29. The first-order valence-corrected chi connectivity index (χ1v) is 4.60. The zero-order chi connectivity index (χ0) is 10.4. The molecule has 0 fully saturated rings. The van der Waals surface area contributed by atoms with Gasteiger partial charge in [-0.15, -0.1) is 0 Å². The Morgan fingerprint density at radius 2 is 2.07 bits per heavy atom. The molecule has 3 heteroatoms. The van der Waals surface area contributed by atoms with Crippen LogP contribution in [0.2, 0.25) is 0 Å². The van der Waals surface area contributed by atoms with Crippen LogP contribution >= 0.6 is 0 Å². The summed E-state index contributed by atoms with van der Waals surface area (Å²) in [6.45, 7) is 3.04. The van der Waals surface area contributed by atoms with E-state index in [-0.39, 0.29) is 6.10 Å². The van der Waals surface area contributed by atoms with Crippen LogP contribution in [0.1, 0.15) is 18.1 Å². The largest absolute Gasteiger partial charge is 0.392 e. The quantitative estimate of drug-likeness (QED) is 0.745. The Bertz CT molecular complexity index is 311. The molecule has 0 amide bonds. The van der Waals surface area contributed by atoms with E-state index in [1.807, 2.05) is 12.1 Å². The fourth-order valence-electron chi connectivity index (χ4n) is 1.12. The molecule has 0 heterocycles. The van der Waals surface area contributed by atoms with Crippen molar-refractivity contribution in [3.8, 4) is 6.07 Å². The fraction of sp³-hybridized carbons (Fsp3) is 0.364. The smallest absolute Gasteiger partial charge is 0.0991 e. The van der Waals surface area contributed by atoms with Crippen LogP contribution in [-0.2, 0) is 6.54 Å². The molecule has 0 unspecified atom stereocenters. The van der Waals surface area contributed by atoms with E-state index in [2.05, 4.69) is 11.4 Å². The number of aliphatic hydroxyl groups is 1. The molecule has 0 spiro atoms. The standard InChI is InChI=1S/C11H14N2O/c1-9(14)7-13-8-11-4-2-10(6-12)3-5-11/h2-5,9,13-14H,7-8H2,1H3/t9-/m1/s1. The van der Waals surface area contributed by atoms with Crippen molar-refractivity contribution >= 4 is 0 Å². The molecule has 1 aromatic carbocycles. The number of hydrogen-bond acceptors (Lipinski definition) is 3. The highest BCUT2D eigenvalue weighted by Crippen LogP contribution is 2.02. The molecule has 0 saturated heterocycles. The summed E-state index contributed by atoms with van der Waals surface area (Å²) in [6.07, 6.45) is -0.326. The monoisotopic (exact) mass is 190 g/mol. The highest BCUT2D eigenvalue weighted by atomic mass is 16.3. The van der Waals surface area contributed by atoms with Crippen molar-refractivity contribution in [3.63, 3.8) is 0 Å². The minimum Gasteiger partial charge on any atom is -0.392 e. The SMILES string of the molecule is C[C@@H](O)CNCc1ccc(C#N)cc1. The van der Waals surface area contributed by atoms with Crippen LogP contribution in [0.3, 0.4) is 0 Å². The lowest BCUT2D eigenvalue weighted by molar-refractivity contribution is 0.191. The summed E-state index contributed by atoms with van der Waals surface area (Å²) in [5.41, 5.74) is 1.79. The third-order valence-corrected chi connectivity index (χ3v) is 1.85. The third-order valence-electron chi connectivity index (χ3n) is 1.85. The lowest BCUT2D eigenvalue weighted by Gasteiger charge is -2.06. The van der Waals surface area contributed by atoms with Gasteiger partial charge in [-0.05, 0) is 24.6 Å². The first-order chi connectivity index (χ1) is 6.72. The van der Waals surface area contributed by atoms with E-state index in [4.69, 9.17) is 10.4 Å². The molecule has 0 aliphatic rings. The van der Waals surface area contributed by atoms with Crippen molar-refractivity contribution in [1.82, 2.24) is 5.32 Å². The molecule has 1 rings (SSSR count). The van der Waals surface area contributed by atoms with Gasteiger partial charge in [0.15, 0.2) is 0 Å². The third kappa shape index (κ3) is 3.56. The van der Waals surface area contributed by atoms with Crippen molar-refractivity contribution in [2.75, 3.05) is 6.54 Å². The lowest BCUT2D eigenvalue weighted by Crippen LogP contribution is -2.23. The molecule has 0 aliphatic carbocycles. The molecule has 0 saturated carbocycles. The highest BCUT2D eigenvalue weighted by Gasteiger charge is 1.96. The molecule has 0 radical (unpaired) electrons. The van der Waals surface area contributed by atoms with Gasteiger partial charge in [0.05, 0.1) is 17.7 Å². The summed E-state index contributed by atoms with van der Waals surface area (Å²) in [5, 5.41) is 20.7. The predicted octanol–water partition coefficient (Wildman–Crippen LogP) is 1.03. The molecule has 1 aromatic rings. The first kappa shape index (κ1) is 10.7. The molecule has 0 aliphatic heterocycles. The summed E-state index contributed by atoms with van der Waals surface area (Å²) < 4.78 is 0. The van der Waals surface area contributed by atoms with Crippen LogP contribution < -0.4 is 5.32 Å². The van der Waals surface area contributed by atoms with E-state index < -0.39 is 0 Å². The number of rotatable bonds is 4. The van der Waals surface area contributed by atoms with Crippen LogP contribution in [0.5, 0.6) is 0 Å². The van der Waals surface area contributed by atoms with Crippen molar-refractivity contribution in [2.45, 2.75) is 19.6 Å². The van der Waals surface area contributed by atoms with E-state index in [1.54, 1.807) is 19.1 Å². The van der Waals surface area contributed by atoms with Crippen LogP contribution in [0.25, 0.3) is 0 Å². The van der Waals surface area contributed by atoms with Crippen molar-refractivity contribution in [1.29, 1.82) is 5.26 Å². The maximum absolute atomic E-state index is 9.01. The number of nitrogens with zero attached hydrogens (tertiary/aromatic N) is 1. The minimum absolute atomic E-state index is 0.326. The van der Waals surface area contributed by atoms with E-state index in [1.165, 1.54) is 0 Å². The van der Waals surface area contributed by atoms with Crippen molar-refractivity contribution in [2.24, 2.45) is 0 Å². The zero-order valence-electron chi connectivity index (χ0n) is 8.20. The van der Waals surface area contributed by atoms with Crippen LogP contribution in [0.15, 0.2) is 24.3 Å². The van der Waals surface area contributed by atoms with Gasteiger partial charge in [-0.1, -0.05) is 12.1 Å². The van der Waals surface area contributed by atoms with E-state index >= 15 is 0 Å². The van der Waals surface area contributed by atoms with Crippen LogP contribution in [-0.4, -0.2) is 17.8 Å². The fourth-order valence-corrected chi connectivity index (χ4v) is 1.12. The summed E-state index contributed by atoms with van der Waals surface area (Å²) in [5.74, 6) is 0. The highest BCUT2D eigenvalue weighted by molar-refractivity contribution is 5.31. The molecule has 0 bridgehead atoms. The van der Waals surface area contributed by atoms with Crippen LogP contribution in [0, 0.1) is 11.3 Å². The Balaban J connectivity index is 2.41. The van der Waals surface area contributed by atoms with Gasteiger partial charge in [0.2, 0.25) is 0 Å². The van der Waals surface area contributed by atoms with Gasteiger partial charge < -0.3 is 10.4 Å². The average molecular weight is 190 g/mol. The van der Waals surface area contributed by atoms with Crippen molar-refractivity contribution < 1.29 is 5.11 Å². The summed E-state index contributed by atoms with van der Waals surface area (Å²) in [6, 6.07) is 9.47.